The topological polar surface area (TPSA) is 61.9 Å². The van der Waals surface area contributed by atoms with E-state index in [0.717, 1.165) is 12.2 Å². The molecule has 3 N–H and O–H groups in total. The lowest BCUT2D eigenvalue weighted by molar-refractivity contribution is 0.571. The van der Waals surface area contributed by atoms with Crippen LogP contribution in [0.15, 0.2) is 12.4 Å². The van der Waals surface area contributed by atoms with Gasteiger partial charge in [-0.15, -0.1) is 0 Å². The fourth-order valence-corrected chi connectivity index (χ4v) is 2.04. The molecular weight excluding hydrogens is 202 g/mol. The van der Waals surface area contributed by atoms with E-state index in [-0.39, 0.29) is 6.17 Å². The Balaban J connectivity index is 1.67. The molecule has 0 bridgehead atoms. The minimum atomic E-state index is 0.261. The van der Waals surface area contributed by atoms with Crippen LogP contribution < -0.4 is 16.2 Å². The van der Waals surface area contributed by atoms with Crippen molar-refractivity contribution in [1.82, 2.24) is 20.8 Å². The number of hydrogen-bond acceptors (Lipinski definition) is 5. The van der Waals surface area contributed by atoms with E-state index in [4.69, 9.17) is 0 Å². The number of rotatable bonds is 3. The Kier molecular flexibility index (Phi) is 2.49. The largest absolute Gasteiger partial charge is 0.353 e. The number of aromatic nitrogens is 2. The summed E-state index contributed by atoms with van der Waals surface area (Å²) in [6.45, 7) is 2.16. The zero-order chi connectivity index (χ0) is 11.0. The summed E-state index contributed by atoms with van der Waals surface area (Å²) < 4.78 is 0. The highest BCUT2D eigenvalue weighted by molar-refractivity contribution is 5.37. The van der Waals surface area contributed by atoms with E-state index in [1.54, 1.807) is 6.33 Å². The molecule has 0 radical (unpaired) electrons. The first kappa shape index (κ1) is 9.99. The molecule has 1 saturated heterocycles. The monoisotopic (exact) mass is 219 g/mol. The first-order chi connectivity index (χ1) is 7.81. The van der Waals surface area contributed by atoms with E-state index in [9.17, 15) is 0 Å². The summed E-state index contributed by atoms with van der Waals surface area (Å²) in [7, 11) is 0. The third kappa shape index (κ3) is 2.15. The molecule has 1 aliphatic heterocycles. The van der Waals surface area contributed by atoms with E-state index < -0.39 is 0 Å². The van der Waals surface area contributed by atoms with Crippen molar-refractivity contribution in [3.63, 3.8) is 0 Å². The molecule has 5 nitrogen and oxygen atoms in total. The zero-order valence-electron chi connectivity index (χ0n) is 9.40. The highest BCUT2D eigenvalue weighted by Crippen LogP contribution is 2.39. The molecule has 0 aromatic carbocycles. The lowest BCUT2D eigenvalue weighted by Gasteiger charge is -2.12. The van der Waals surface area contributed by atoms with E-state index in [2.05, 4.69) is 39.1 Å². The fraction of sp³-hybridized carbons (Fsp3) is 0.636. The van der Waals surface area contributed by atoms with Crippen LogP contribution in [0.1, 0.15) is 37.8 Å². The van der Waals surface area contributed by atoms with Gasteiger partial charge in [0, 0.05) is 23.7 Å². The van der Waals surface area contributed by atoms with Crippen molar-refractivity contribution >= 4 is 5.82 Å². The minimum absolute atomic E-state index is 0.261. The van der Waals surface area contributed by atoms with Gasteiger partial charge >= 0.3 is 0 Å². The molecule has 2 unspecified atom stereocenters. The Hall–Kier alpha value is -1.20. The van der Waals surface area contributed by atoms with Gasteiger partial charge in [0.2, 0.25) is 0 Å². The summed E-state index contributed by atoms with van der Waals surface area (Å²) in [5.74, 6) is 1.60. The normalized spacial score (nSPS) is 29.3. The summed E-state index contributed by atoms with van der Waals surface area (Å²) in [5.41, 5.74) is 7.56. The van der Waals surface area contributed by atoms with Crippen LogP contribution in [0, 0.1) is 0 Å². The van der Waals surface area contributed by atoms with Crippen LogP contribution >= 0.6 is 0 Å². The second-order valence-electron chi connectivity index (χ2n) is 4.72. The lowest BCUT2D eigenvalue weighted by atomic mass is 10.2. The number of anilines is 1. The van der Waals surface area contributed by atoms with Crippen LogP contribution in [0.5, 0.6) is 0 Å². The summed E-state index contributed by atoms with van der Waals surface area (Å²) in [5, 5.41) is 3.37. The van der Waals surface area contributed by atoms with E-state index in [1.807, 2.05) is 0 Å². The van der Waals surface area contributed by atoms with Crippen molar-refractivity contribution < 1.29 is 0 Å². The van der Waals surface area contributed by atoms with E-state index >= 15 is 0 Å². The smallest absolute Gasteiger partial charge is 0.130 e. The molecule has 0 amide bonds. The van der Waals surface area contributed by atoms with E-state index in [0.29, 0.717) is 12.0 Å². The van der Waals surface area contributed by atoms with Gasteiger partial charge in [-0.05, 0) is 26.2 Å². The molecule has 1 aromatic heterocycles. The average Bonchev–Trinajstić information content (AvgIpc) is 3.05. The Bertz CT molecular complexity index is 376. The minimum Gasteiger partial charge on any atom is -0.353 e. The molecule has 1 saturated carbocycles. The number of hydrazine groups is 1. The van der Waals surface area contributed by atoms with Gasteiger partial charge in [-0.2, -0.15) is 0 Å². The predicted molar refractivity (Wildman–Crippen MR) is 61.8 cm³/mol. The van der Waals surface area contributed by atoms with Crippen LogP contribution in [-0.2, 0) is 0 Å². The Morgan fingerprint density at radius 1 is 1.31 bits per heavy atom. The third-order valence-electron chi connectivity index (χ3n) is 3.10. The highest BCUT2D eigenvalue weighted by Gasteiger charge is 2.26. The predicted octanol–water partition coefficient (Wildman–Crippen LogP) is 0.978. The second kappa shape index (κ2) is 3.99. The van der Waals surface area contributed by atoms with Gasteiger partial charge in [-0.1, -0.05) is 0 Å². The van der Waals surface area contributed by atoms with Crippen molar-refractivity contribution in [2.75, 3.05) is 5.32 Å². The fourth-order valence-electron chi connectivity index (χ4n) is 2.04. The number of hydrogen-bond donors (Lipinski definition) is 3. The van der Waals surface area contributed by atoms with Crippen LogP contribution in [0.2, 0.25) is 0 Å². The molecule has 3 rings (SSSR count). The van der Waals surface area contributed by atoms with E-state index in [1.165, 1.54) is 18.5 Å². The second-order valence-corrected chi connectivity index (χ2v) is 4.72. The Labute approximate surface area is 95.0 Å². The standard InChI is InChI=1S/C11H17N5/c1-7-4-11(16-15-7)14-10-5-9(8-2-3-8)12-6-13-10/h5-8,11,15-16H,2-4H2,1H3,(H,12,13,14). The molecule has 86 valence electrons. The van der Waals surface area contributed by atoms with Crippen LogP contribution in [0.3, 0.4) is 0 Å². The van der Waals surface area contributed by atoms with Crippen molar-refractivity contribution in [3.8, 4) is 0 Å². The molecule has 2 heterocycles. The number of nitrogens with one attached hydrogen (secondary N) is 3. The van der Waals surface area contributed by atoms with Gasteiger partial charge in [0.15, 0.2) is 0 Å². The maximum atomic E-state index is 4.30. The number of nitrogens with zero attached hydrogens (tertiary/aromatic N) is 2. The molecule has 2 aliphatic rings. The van der Waals surface area contributed by atoms with Crippen LogP contribution in [0.25, 0.3) is 0 Å². The van der Waals surface area contributed by atoms with Crippen LogP contribution in [0.4, 0.5) is 5.82 Å². The van der Waals surface area contributed by atoms with Gasteiger partial charge in [-0.3, -0.25) is 5.43 Å². The van der Waals surface area contributed by atoms with Gasteiger partial charge in [0.1, 0.15) is 12.1 Å². The molecule has 16 heavy (non-hydrogen) atoms. The maximum absolute atomic E-state index is 4.30. The first-order valence-corrected chi connectivity index (χ1v) is 5.91. The summed E-state index contributed by atoms with van der Waals surface area (Å²) in [6.07, 6.45) is 5.52. The van der Waals surface area contributed by atoms with Crippen molar-refractivity contribution in [2.24, 2.45) is 0 Å². The summed E-state index contributed by atoms with van der Waals surface area (Å²) in [6, 6.07) is 2.57. The molecule has 0 spiro atoms. The van der Waals surface area contributed by atoms with Crippen LogP contribution in [-0.4, -0.2) is 22.2 Å². The highest BCUT2D eigenvalue weighted by atomic mass is 15.5. The molecule has 1 aliphatic carbocycles. The van der Waals surface area contributed by atoms with Gasteiger partial charge in [0.05, 0.1) is 6.17 Å². The van der Waals surface area contributed by atoms with Gasteiger partial charge in [0.25, 0.3) is 0 Å². The van der Waals surface area contributed by atoms with Crippen molar-refractivity contribution in [3.05, 3.63) is 18.1 Å². The SMILES string of the molecule is CC1CC(Nc2cc(C3CC3)ncn2)NN1. The van der Waals surface area contributed by atoms with Gasteiger partial charge in [-0.25, -0.2) is 15.4 Å². The lowest BCUT2D eigenvalue weighted by Crippen LogP contribution is -2.36. The molecule has 5 heteroatoms. The third-order valence-corrected chi connectivity index (χ3v) is 3.10. The van der Waals surface area contributed by atoms with Crippen molar-refractivity contribution in [2.45, 2.75) is 44.3 Å². The van der Waals surface area contributed by atoms with Gasteiger partial charge < -0.3 is 5.32 Å². The summed E-state index contributed by atoms with van der Waals surface area (Å²) in [4.78, 5) is 8.55. The summed E-state index contributed by atoms with van der Waals surface area (Å²) >= 11 is 0. The zero-order valence-corrected chi connectivity index (χ0v) is 9.40. The maximum Gasteiger partial charge on any atom is 0.130 e. The molecule has 2 atom stereocenters. The Morgan fingerprint density at radius 2 is 2.19 bits per heavy atom. The molecule has 1 aromatic rings. The quantitative estimate of drug-likeness (QED) is 0.707. The van der Waals surface area contributed by atoms with Crippen molar-refractivity contribution in [1.29, 1.82) is 0 Å². The molecule has 2 fully saturated rings. The molecular formula is C11H17N5. The average molecular weight is 219 g/mol. The Morgan fingerprint density at radius 3 is 2.88 bits per heavy atom. The first-order valence-electron chi connectivity index (χ1n) is 5.91.